The van der Waals surface area contributed by atoms with E-state index in [0.29, 0.717) is 6.04 Å². The summed E-state index contributed by atoms with van der Waals surface area (Å²) >= 11 is 2.09. The van der Waals surface area contributed by atoms with Crippen LogP contribution in [0.1, 0.15) is 27.2 Å². The minimum atomic E-state index is 0. The number of nitrogens with one attached hydrogen (secondary N) is 1. The molecule has 1 fully saturated rings. The molecule has 4 nitrogen and oxygen atoms in total. The number of nitrogens with zero attached hydrogens (tertiary/aromatic N) is 3. The maximum absolute atomic E-state index is 4.43. The minimum absolute atomic E-state index is 0. The Kier molecular flexibility index (Phi) is 11.1. The zero-order chi connectivity index (χ0) is 14.3. The highest BCUT2D eigenvalue weighted by molar-refractivity contribution is 14.0. The molecular formula is C14H31IN4S. The van der Waals surface area contributed by atoms with E-state index in [9.17, 15) is 0 Å². The summed E-state index contributed by atoms with van der Waals surface area (Å²) < 4.78 is 0. The van der Waals surface area contributed by atoms with E-state index in [2.05, 4.69) is 59.7 Å². The highest BCUT2D eigenvalue weighted by Gasteiger charge is 2.21. The maximum Gasteiger partial charge on any atom is 0.193 e. The molecule has 0 amide bonds. The van der Waals surface area contributed by atoms with Gasteiger partial charge in [-0.1, -0.05) is 6.92 Å². The van der Waals surface area contributed by atoms with E-state index in [4.69, 9.17) is 0 Å². The number of rotatable bonds is 5. The van der Waals surface area contributed by atoms with Crippen molar-refractivity contribution >= 4 is 41.7 Å². The number of guanidine groups is 1. The number of hydrogen-bond acceptors (Lipinski definition) is 3. The zero-order valence-electron chi connectivity index (χ0n) is 13.6. The van der Waals surface area contributed by atoms with E-state index in [1.165, 1.54) is 12.2 Å². The highest BCUT2D eigenvalue weighted by Crippen LogP contribution is 2.20. The van der Waals surface area contributed by atoms with Gasteiger partial charge in [0.1, 0.15) is 0 Å². The van der Waals surface area contributed by atoms with Crippen LogP contribution in [0.2, 0.25) is 0 Å². The van der Waals surface area contributed by atoms with Gasteiger partial charge in [0.2, 0.25) is 0 Å². The highest BCUT2D eigenvalue weighted by atomic mass is 127. The Labute approximate surface area is 146 Å². The third-order valence-electron chi connectivity index (χ3n) is 3.73. The van der Waals surface area contributed by atoms with Crippen molar-refractivity contribution in [3.8, 4) is 0 Å². The molecule has 1 unspecified atom stereocenters. The van der Waals surface area contributed by atoms with Crippen LogP contribution in [-0.4, -0.2) is 73.1 Å². The molecule has 6 heteroatoms. The largest absolute Gasteiger partial charge is 0.355 e. The SMILES string of the molecule is CCC1CN(C(=NC)NCCN(C)C(C)C)CCS1.I. The standard InChI is InChI=1S/C14H30N4S.HI/c1-6-13-11-18(9-10-19-13)14(15-4)16-7-8-17(5)12(2)3;/h12-13H,6-11H2,1-5H3,(H,15,16);1H. The Hall–Kier alpha value is 0.310. The fourth-order valence-electron chi connectivity index (χ4n) is 2.09. The van der Waals surface area contributed by atoms with E-state index in [1.54, 1.807) is 0 Å². The van der Waals surface area contributed by atoms with Gasteiger partial charge in [-0.3, -0.25) is 4.99 Å². The summed E-state index contributed by atoms with van der Waals surface area (Å²) in [6.07, 6.45) is 1.24. The summed E-state index contributed by atoms with van der Waals surface area (Å²) in [7, 11) is 4.05. The molecule has 1 atom stereocenters. The smallest absolute Gasteiger partial charge is 0.193 e. The van der Waals surface area contributed by atoms with E-state index in [-0.39, 0.29) is 24.0 Å². The first-order valence-electron chi connectivity index (χ1n) is 7.35. The zero-order valence-corrected chi connectivity index (χ0v) is 16.7. The van der Waals surface area contributed by atoms with E-state index < -0.39 is 0 Å². The van der Waals surface area contributed by atoms with Crippen molar-refractivity contribution < 1.29 is 0 Å². The number of halogens is 1. The molecule has 0 aromatic rings. The van der Waals surface area contributed by atoms with Crippen molar-refractivity contribution in [2.45, 2.75) is 38.5 Å². The van der Waals surface area contributed by atoms with Gasteiger partial charge in [0.05, 0.1) is 0 Å². The quantitative estimate of drug-likeness (QED) is 0.425. The monoisotopic (exact) mass is 414 g/mol. The summed E-state index contributed by atoms with van der Waals surface area (Å²) in [4.78, 5) is 9.18. The molecule has 1 aliphatic heterocycles. The van der Waals surface area contributed by atoms with Crippen molar-refractivity contribution in [2.75, 3.05) is 46.0 Å². The van der Waals surface area contributed by atoms with Gasteiger partial charge in [-0.15, -0.1) is 24.0 Å². The van der Waals surface area contributed by atoms with Crippen LogP contribution >= 0.6 is 35.7 Å². The number of hydrogen-bond donors (Lipinski definition) is 1. The van der Waals surface area contributed by atoms with Crippen LogP contribution in [0, 0.1) is 0 Å². The Morgan fingerprint density at radius 2 is 2.20 bits per heavy atom. The molecule has 0 saturated carbocycles. The van der Waals surface area contributed by atoms with Gasteiger partial charge in [0.15, 0.2) is 5.96 Å². The Morgan fingerprint density at radius 3 is 2.75 bits per heavy atom. The van der Waals surface area contributed by atoms with E-state index in [0.717, 1.165) is 37.4 Å². The molecule has 0 radical (unpaired) electrons. The first kappa shape index (κ1) is 20.3. The van der Waals surface area contributed by atoms with E-state index >= 15 is 0 Å². The predicted molar refractivity (Wildman–Crippen MR) is 103 cm³/mol. The maximum atomic E-state index is 4.43. The average Bonchev–Trinajstić information content (AvgIpc) is 2.43. The van der Waals surface area contributed by atoms with Crippen molar-refractivity contribution in [3.05, 3.63) is 0 Å². The summed E-state index contributed by atoms with van der Waals surface area (Å²) in [6.45, 7) is 11.0. The van der Waals surface area contributed by atoms with Crippen LogP contribution < -0.4 is 5.32 Å². The van der Waals surface area contributed by atoms with Gasteiger partial charge in [-0.05, 0) is 27.3 Å². The molecule has 0 spiro atoms. The molecule has 0 aliphatic carbocycles. The second-order valence-corrected chi connectivity index (χ2v) is 6.80. The van der Waals surface area contributed by atoms with Gasteiger partial charge < -0.3 is 15.1 Å². The summed E-state index contributed by atoms with van der Waals surface area (Å²) in [5, 5.41) is 4.25. The van der Waals surface area contributed by atoms with Crippen LogP contribution in [0.15, 0.2) is 4.99 Å². The molecule has 20 heavy (non-hydrogen) atoms. The Bertz CT molecular complexity index is 286. The second kappa shape index (κ2) is 11.0. The first-order valence-corrected chi connectivity index (χ1v) is 8.40. The molecule has 1 rings (SSSR count). The van der Waals surface area contributed by atoms with Crippen LogP contribution in [0.25, 0.3) is 0 Å². The second-order valence-electron chi connectivity index (χ2n) is 5.40. The lowest BCUT2D eigenvalue weighted by Gasteiger charge is -2.34. The van der Waals surface area contributed by atoms with Gasteiger partial charge in [-0.25, -0.2) is 0 Å². The molecular weight excluding hydrogens is 383 g/mol. The molecule has 1 heterocycles. The molecule has 0 aromatic carbocycles. The van der Waals surface area contributed by atoms with Crippen LogP contribution in [0.4, 0.5) is 0 Å². The molecule has 1 saturated heterocycles. The minimum Gasteiger partial charge on any atom is -0.355 e. The topological polar surface area (TPSA) is 30.9 Å². The predicted octanol–water partition coefficient (Wildman–Crippen LogP) is 2.35. The fraction of sp³-hybridized carbons (Fsp3) is 0.929. The lowest BCUT2D eigenvalue weighted by atomic mass is 10.3. The van der Waals surface area contributed by atoms with Crippen LogP contribution in [0.3, 0.4) is 0 Å². The lowest BCUT2D eigenvalue weighted by molar-refractivity contribution is 0.276. The third kappa shape index (κ3) is 6.85. The first-order chi connectivity index (χ1) is 9.08. The summed E-state index contributed by atoms with van der Waals surface area (Å²) in [5.41, 5.74) is 0. The fourth-order valence-corrected chi connectivity index (χ4v) is 3.27. The molecule has 120 valence electrons. The average molecular weight is 414 g/mol. The van der Waals surface area contributed by atoms with Crippen molar-refractivity contribution in [1.29, 1.82) is 0 Å². The van der Waals surface area contributed by atoms with Crippen LogP contribution in [0.5, 0.6) is 0 Å². The van der Waals surface area contributed by atoms with Gasteiger partial charge in [0.25, 0.3) is 0 Å². The number of thioether (sulfide) groups is 1. The van der Waals surface area contributed by atoms with Gasteiger partial charge >= 0.3 is 0 Å². The summed E-state index contributed by atoms with van der Waals surface area (Å²) in [6, 6.07) is 0.597. The van der Waals surface area contributed by atoms with Gasteiger partial charge in [-0.2, -0.15) is 11.8 Å². The normalized spacial score (nSPS) is 20.2. The lowest BCUT2D eigenvalue weighted by Crippen LogP contribution is -2.49. The van der Waals surface area contributed by atoms with Gasteiger partial charge in [0, 0.05) is 50.3 Å². The summed E-state index contributed by atoms with van der Waals surface area (Å²) in [5.74, 6) is 2.28. The molecule has 1 aliphatic rings. The Morgan fingerprint density at radius 1 is 1.50 bits per heavy atom. The van der Waals surface area contributed by atoms with Crippen LogP contribution in [-0.2, 0) is 0 Å². The molecule has 0 aromatic heterocycles. The number of likely N-dealkylation sites (N-methyl/N-ethyl adjacent to an activating group) is 1. The Balaban J connectivity index is 0.00000361. The van der Waals surface area contributed by atoms with E-state index in [1.807, 2.05) is 7.05 Å². The molecule has 1 N–H and O–H groups in total. The molecule has 0 bridgehead atoms. The number of aliphatic imine (C=N–C) groups is 1. The van der Waals surface area contributed by atoms with Crippen molar-refractivity contribution in [3.63, 3.8) is 0 Å². The third-order valence-corrected chi connectivity index (χ3v) is 5.11. The van der Waals surface area contributed by atoms with Crippen molar-refractivity contribution in [1.82, 2.24) is 15.1 Å². The van der Waals surface area contributed by atoms with Crippen molar-refractivity contribution in [2.24, 2.45) is 4.99 Å².